The van der Waals surface area contributed by atoms with Gasteiger partial charge in [-0.1, -0.05) is 23.2 Å². The molecule has 0 saturated carbocycles. The summed E-state index contributed by atoms with van der Waals surface area (Å²) >= 11 is 18.2. The largest absolute Gasteiger partial charge is 0.493 e. The van der Waals surface area contributed by atoms with Crippen molar-refractivity contribution in [2.75, 3.05) is 18.6 Å². The van der Waals surface area contributed by atoms with Crippen molar-refractivity contribution >= 4 is 40.7 Å². The van der Waals surface area contributed by atoms with Gasteiger partial charge in [-0.05, 0) is 6.92 Å². The van der Waals surface area contributed by atoms with Gasteiger partial charge in [0.2, 0.25) is 0 Å². The van der Waals surface area contributed by atoms with Crippen molar-refractivity contribution in [2.45, 2.75) is 13.5 Å². The fraction of sp³-hybridized carbons (Fsp3) is 0.267. The Balaban J connectivity index is 2.47. The van der Waals surface area contributed by atoms with Crippen molar-refractivity contribution in [1.29, 1.82) is 0 Å². The lowest BCUT2D eigenvalue weighted by Crippen LogP contribution is -2.15. The maximum atomic E-state index is 14.4. The Morgan fingerprint density at radius 3 is 2.17 bits per heavy atom. The molecular weight excluding hydrogens is 385 g/mol. The molecule has 0 N–H and O–H groups in total. The summed E-state index contributed by atoms with van der Waals surface area (Å²) in [5.41, 5.74) is 0.482. The second kappa shape index (κ2) is 7.59. The summed E-state index contributed by atoms with van der Waals surface area (Å²) in [4.78, 5) is 3.96. The Kier molecular flexibility index (Phi) is 5.96. The summed E-state index contributed by atoms with van der Waals surface area (Å²) in [7, 11) is 2.50. The van der Waals surface area contributed by atoms with Crippen molar-refractivity contribution < 1.29 is 18.3 Å². The third kappa shape index (κ3) is 3.45. The van der Waals surface area contributed by atoms with Crippen molar-refractivity contribution in [3.8, 4) is 11.5 Å². The highest BCUT2D eigenvalue weighted by molar-refractivity contribution is 6.35. The third-order valence-corrected chi connectivity index (χ3v) is 4.55. The van der Waals surface area contributed by atoms with Crippen molar-refractivity contribution in [1.82, 2.24) is 4.98 Å². The number of anilines is 1. The summed E-state index contributed by atoms with van der Waals surface area (Å²) in [6.45, 7) is 1.56. The number of rotatable bonds is 5. The molecule has 130 valence electrons. The van der Waals surface area contributed by atoms with E-state index in [0.29, 0.717) is 16.1 Å². The first kappa shape index (κ1) is 18.8. The van der Waals surface area contributed by atoms with Gasteiger partial charge in [0.15, 0.2) is 23.1 Å². The summed E-state index contributed by atoms with van der Waals surface area (Å²) in [5, 5.41) is 0.557. The molecule has 1 aromatic carbocycles. The van der Waals surface area contributed by atoms with E-state index in [1.807, 2.05) is 0 Å². The van der Waals surface area contributed by atoms with Crippen LogP contribution in [-0.4, -0.2) is 19.2 Å². The van der Waals surface area contributed by atoms with E-state index in [-0.39, 0.29) is 23.2 Å². The molecule has 0 spiro atoms. The summed E-state index contributed by atoms with van der Waals surface area (Å²) < 4.78 is 39.5. The molecule has 0 unspecified atom stereocenters. The zero-order valence-electron chi connectivity index (χ0n) is 13.0. The van der Waals surface area contributed by atoms with Gasteiger partial charge in [0.25, 0.3) is 0 Å². The normalized spacial score (nSPS) is 10.7. The van der Waals surface area contributed by atoms with Gasteiger partial charge in [0.05, 0.1) is 25.8 Å². The van der Waals surface area contributed by atoms with Crippen molar-refractivity contribution in [2.24, 2.45) is 0 Å². The Hall–Kier alpha value is -1.50. The predicted octanol–water partition coefficient (Wildman–Crippen LogP) is 5.15. The van der Waals surface area contributed by atoms with E-state index < -0.39 is 17.3 Å². The van der Waals surface area contributed by atoms with E-state index in [0.717, 1.165) is 10.5 Å². The maximum Gasteiger partial charge on any atom is 0.192 e. The van der Waals surface area contributed by atoms with E-state index in [4.69, 9.17) is 44.5 Å². The molecule has 0 aliphatic rings. The monoisotopic (exact) mass is 396 g/mol. The van der Waals surface area contributed by atoms with Crippen LogP contribution in [0.25, 0.3) is 0 Å². The third-order valence-electron chi connectivity index (χ3n) is 3.36. The smallest absolute Gasteiger partial charge is 0.192 e. The van der Waals surface area contributed by atoms with Gasteiger partial charge in [-0.15, -0.1) is 0 Å². The van der Waals surface area contributed by atoms with Crippen LogP contribution in [0.5, 0.6) is 11.5 Å². The summed E-state index contributed by atoms with van der Waals surface area (Å²) in [6, 6.07) is 1.10. The van der Waals surface area contributed by atoms with Gasteiger partial charge in [-0.3, -0.25) is 4.42 Å². The number of methoxy groups -OCH3 is 2. The number of ether oxygens (including phenoxy) is 2. The molecule has 0 aliphatic heterocycles. The van der Waals surface area contributed by atoms with E-state index in [9.17, 15) is 8.78 Å². The number of nitrogens with zero attached hydrogens (tertiary/aromatic N) is 2. The lowest BCUT2D eigenvalue weighted by Gasteiger charge is -2.20. The van der Waals surface area contributed by atoms with Gasteiger partial charge in [-0.25, -0.2) is 13.8 Å². The van der Waals surface area contributed by atoms with Crippen LogP contribution in [0.1, 0.15) is 11.1 Å². The lowest BCUT2D eigenvalue weighted by molar-refractivity contribution is 0.359. The molecule has 0 bridgehead atoms. The Morgan fingerprint density at radius 1 is 1.12 bits per heavy atom. The molecule has 1 heterocycles. The average molecular weight is 398 g/mol. The molecule has 0 radical (unpaired) electrons. The average Bonchev–Trinajstić information content (AvgIpc) is 2.56. The minimum atomic E-state index is -0.958. The first-order chi connectivity index (χ1) is 11.3. The van der Waals surface area contributed by atoms with E-state index in [2.05, 4.69) is 4.98 Å². The number of halogens is 5. The molecule has 0 fully saturated rings. The van der Waals surface area contributed by atoms with Crippen LogP contribution in [0, 0.1) is 18.6 Å². The van der Waals surface area contributed by atoms with Gasteiger partial charge in [0.1, 0.15) is 10.8 Å². The molecule has 2 rings (SSSR count). The molecule has 0 amide bonds. The molecule has 1 aromatic heterocycles. The zero-order chi connectivity index (χ0) is 18.0. The highest BCUT2D eigenvalue weighted by Crippen LogP contribution is 2.39. The van der Waals surface area contributed by atoms with E-state index in [1.54, 1.807) is 6.92 Å². The SMILES string of the molecule is COc1cc(OC)c(F)c(N(Cl)Cc2cnc(Cl)c(C)c2Cl)c1F. The number of aromatic nitrogens is 1. The summed E-state index contributed by atoms with van der Waals surface area (Å²) in [6.07, 6.45) is 1.39. The van der Waals surface area contributed by atoms with Crippen LogP contribution in [0.3, 0.4) is 0 Å². The van der Waals surface area contributed by atoms with Crippen LogP contribution < -0.4 is 13.9 Å². The molecule has 9 heteroatoms. The Labute approximate surface area is 153 Å². The Bertz CT molecular complexity index is 747. The van der Waals surface area contributed by atoms with Gasteiger partial charge in [0, 0.05) is 35.2 Å². The predicted molar refractivity (Wildman–Crippen MR) is 90.5 cm³/mol. The fourth-order valence-electron chi connectivity index (χ4n) is 2.04. The Morgan fingerprint density at radius 2 is 1.67 bits per heavy atom. The number of hydrogen-bond acceptors (Lipinski definition) is 4. The van der Waals surface area contributed by atoms with Crippen LogP contribution in [0.4, 0.5) is 14.5 Å². The molecular formula is C15H13Cl3F2N2O2. The van der Waals surface area contributed by atoms with Crippen molar-refractivity contribution in [3.63, 3.8) is 0 Å². The standard InChI is InChI=1S/C15H13Cl3F2N2O2/c1-7-11(16)8(5-21-15(7)17)6-22(18)14-12(19)9(23-2)4-10(24-3)13(14)20/h4-5H,6H2,1-3H3. The number of benzene rings is 1. The molecule has 0 saturated heterocycles. The van der Waals surface area contributed by atoms with Gasteiger partial charge < -0.3 is 9.47 Å². The first-order valence-electron chi connectivity index (χ1n) is 6.64. The molecule has 24 heavy (non-hydrogen) atoms. The minimum absolute atomic E-state index is 0.116. The van der Waals surface area contributed by atoms with Crippen LogP contribution in [0.15, 0.2) is 12.3 Å². The van der Waals surface area contributed by atoms with Gasteiger partial charge in [-0.2, -0.15) is 0 Å². The fourth-order valence-corrected chi connectivity index (χ4v) is 2.71. The van der Waals surface area contributed by atoms with Crippen molar-refractivity contribution in [3.05, 3.63) is 45.2 Å². The zero-order valence-corrected chi connectivity index (χ0v) is 15.2. The number of hydrogen-bond donors (Lipinski definition) is 0. The summed E-state index contributed by atoms with van der Waals surface area (Å²) in [5.74, 6) is -2.32. The van der Waals surface area contributed by atoms with E-state index in [1.165, 1.54) is 20.4 Å². The molecule has 0 aliphatic carbocycles. The molecule has 4 nitrogen and oxygen atoms in total. The van der Waals surface area contributed by atoms with Crippen LogP contribution >= 0.6 is 35.0 Å². The highest BCUT2D eigenvalue weighted by atomic mass is 35.5. The maximum absolute atomic E-state index is 14.4. The van der Waals surface area contributed by atoms with Gasteiger partial charge >= 0.3 is 0 Å². The minimum Gasteiger partial charge on any atom is -0.493 e. The van der Waals surface area contributed by atoms with E-state index >= 15 is 0 Å². The second-order valence-corrected chi connectivity index (χ2v) is 5.94. The highest BCUT2D eigenvalue weighted by Gasteiger charge is 2.25. The topological polar surface area (TPSA) is 34.6 Å². The molecule has 0 atom stereocenters. The van der Waals surface area contributed by atoms with Crippen LogP contribution in [-0.2, 0) is 6.54 Å². The number of pyridine rings is 1. The second-order valence-electron chi connectivity index (χ2n) is 4.79. The van der Waals surface area contributed by atoms with Crippen LogP contribution in [0.2, 0.25) is 10.2 Å². The molecule has 2 aromatic rings. The lowest BCUT2D eigenvalue weighted by atomic mass is 10.2. The first-order valence-corrected chi connectivity index (χ1v) is 7.73. The quantitative estimate of drug-likeness (QED) is 0.516.